The molecule has 0 radical (unpaired) electrons. The molecule has 0 atom stereocenters. The van der Waals surface area contributed by atoms with Crippen LogP contribution in [0.15, 0.2) is 53.4 Å². The predicted molar refractivity (Wildman–Crippen MR) is 138 cm³/mol. The fourth-order valence-corrected chi connectivity index (χ4v) is 4.62. The molecule has 0 aromatic heterocycles. The minimum atomic E-state index is -0.406. The highest BCUT2D eigenvalue weighted by atomic mass is 32.2. The number of nitrogens with one attached hydrogen (secondary N) is 1. The number of thiocarbonyl (C=S) groups is 1. The molecular weight excluding hydrogens is 472 g/mol. The summed E-state index contributed by atoms with van der Waals surface area (Å²) in [4.78, 5) is 38.6. The van der Waals surface area contributed by atoms with Crippen LogP contribution in [0.2, 0.25) is 0 Å². The third kappa shape index (κ3) is 6.91. The van der Waals surface area contributed by atoms with E-state index in [0.717, 1.165) is 36.3 Å². The lowest BCUT2D eigenvalue weighted by Crippen LogP contribution is -2.29. The molecule has 1 aliphatic rings. The summed E-state index contributed by atoms with van der Waals surface area (Å²) in [5.41, 5.74) is 1.98. The van der Waals surface area contributed by atoms with Crippen molar-refractivity contribution >= 4 is 57.8 Å². The lowest BCUT2D eigenvalue weighted by Gasteiger charge is -2.14. The van der Waals surface area contributed by atoms with Gasteiger partial charge in [-0.25, -0.2) is 4.79 Å². The maximum absolute atomic E-state index is 12.8. The molecule has 3 rings (SSSR count). The number of benzene rings is 2. The third-order valence-electron chi connectivity index (χ3n) is 5.16. The van der Waals surface area contributed by atoms with Crippen molar-refractivity contribution in [1.82, 2.24) is 4.90 Å². The van der Waals surface area contributed by atoms with Crippen LogP contribution < -0.4 is 10.1 Å². The number of nitrogens with zero attached hydrogens (tertiary/aromatic N) is 1. The average Bonchev–Trinajstić information content (AvgIpc) is 3.11. The van der Waals surface area contributed by atoms with Crippen molar-refractivity contribution in [2.75, 3.05) is 26.1 Å². The van der Waals surface area contributed by atoms with Gasteiger partial charge in [0, 0.05) is 18.7 Å². The number of methoxy groups -OCH3 is 2. The zero-order valence-electron chi connectivity index (χ0n) is 19.0. The molecule has 1 heterocycles. The van der Waals surface area contributed by atoms with Crippen molar-refractivity contribution in [1.29, 1.82) is 0 Å². The molecule has 1 fully saturated rings. The van der Waals surface area contributed by atoms with Gasteiger partial charge in [0.2, 0.25) is 5.91 Å². The summed E-state index contributed by atoms with van der Waals surface area (Å²) in [7, 11) is 2.93. The Morgan fingerprint density at radius 2 is 1.74 bits per heavy atom. The van der Waals surface area contributed by atoms with Crippen LogP contribution in [0.4, 0.5) is 5.69 Å². The first-order chi connectivity index (χ1) is 16.4. The van der Waals surface area contributed by atoms with Gasteiger partial charge in [-0.2, -0.15) is 0 Å². The topological polar surface area (TPSA) is 84.9 Å². The van der Waals surface area contributed by atoms with Crippen LogP contribution in [0, 0.1) is 0 Å². The van der Waals surface area contributed by atoms with Crippen LogP contribution in [-0.4, -0.2) is 47.8 Å². The number of esters is 1. The van der Waals surface area contributed by atoms with Gasteiger partial charge < -0.3 is 14.8 Å². The van der Waals surface area contributed by atoms with Crippen molar-refractivity contribution in [3.05, 3.63) is 64.6 Å². The number of hydrogen-bond acceptors (Lipinski definition) is 7. The second kappa shape index (κ2) is 12.3. The number of rotatable bonds is 10. The van der Waals surface area contributed by atoms with E-state index in [4.69, 9.17) is 21.7 Å². The van der Waals surface area contributed by atoms with E-state index in [-0.39, 0.29) is 11.8 Å². The first kappa shape index (κ1) is 25.5. The summed E-state index contributed by atoms with van der Waals surface area (Å²) in [6, 6.07) is 14.0. The fraction of sp³-hybridized carbons (Fsp3) is 0.280. The summed E-state index contributed by atoms with van der Waals surface area (Å²) in [5, 5.41) is 2.86. The number of carbonyl (C=O) groups excluding carboxylic acids is 3. The molecule has 0 saturated carbocycles. The molecule has 2 amide bonds. The second-order valence-electron chi connectivity index (χ2n) is 7.53. The Bertz CT molecular complexity index is 1080. The maximum Gasteiger partial charge on any atom is 0.337 e. The van der Waals surface area contributed by atoms with Gasteiger partial charge in [-0.05, 0) is 60.9 Å². The summed E-state index contributed by atoms with van der Waals surface area (Å²) < 4.78 is 10.3. The summed E-state index contributed by atoms with van der Waals surface area (Å²) in [6.45, 7) is 0.517. The largest absolute Gasteiger partial charge is 0.497 e. The van der Waals surface area contributed by atoms with Gasteiger partial charge in [0.15, 0.2) is 0 Å². The van der Waals surface area contributed by atoms with E-state index in [2.05, 4.69) is 5.32 Å². The van der Waals surface area contributed by atoms with Gasteiger partial charge in [0.25, 0.3) is 5.91 Å². The molecule has 2 aromatic rings. The molecule has 0 aliphatic carbocycles. The number of hydrogen-bond donors (Lipinski definition) is 1. The Labute approximate surface area is 208 Å². The fourth-order valence-electron chi connectivity index (χ4n) is 3.31. The quantitative estimate of drug-likeness (QED) is 0.216. The van der Waals surface area contributed by atoms with E-state index in [9.17, 15) is 14.4 Å². The molecule has 34 heavy (non-hydrogen) atoms. The summed E-state index contributed by atoms with van der Waals surface area (Å²) in [6.07, 6.45) is 4.46. The highest BCUT2D eigenvalue weighted by Gasteiger charge is 2.31. The Morgan fingerprint density at radius 1 is 1.03 bits per heavy atom. The SMILES string of the molecule is COC(=O)c1ccc(C=C2SC(=S)N(CCCCCC(=O)Nc3ccc(OC)cc3)C2=O)cc1. The normalized spacial score (nSPS) is 14.4. The zero-order valence-corrected chi connectivity index (χ0v) is 20.7. The molecule has 0 unspecified atom stereocenters. The predicted octanol–water partition coefficient (Wildman–Crippen LogP) is 4.88. The molecule has 9 heteroatoms. The zero-order chi connectivity index (χ0) is 24.5. The van der Waals surface area contributed by atoms with Crippen molar-refractivity contribution in [2.45, 2.75) is 25.7 Å². The Morgan fingerprint density at radius 3 is 2.38 bits per heavy atom. The number of unbranched alkanes of at least 4 members (excludes halogenated alkanes) is 2. The molecule has 1 saturated heterocycles. The van der Waals surface area contributed by atoms with Gasteiger partial charge in [-0.3, -0.25) is 14.5 Å². The highest BCUT2D eigenvalue weighted by molar-refractivity contribution is 8.26. The number of amides is 2. The van der Waals surface area contributed by atoms with Crippen molar-refractivity contribution in [2.24, 2.45) is 0 Å². The maximum atomic E-state index is 12.8. The first-order valence-electron chi connectivity index (χ1n) is 10.8. The molecule has 1 aliphatic heterocycles. The summed E-state index contributed by atoms with van der Waals surface area (Å²) in [5.74, 6) is 0.164. The van der Waals surface area contributed by atoms with Gasteiger partial charge in [-0.15, -0.1) is 0 Å². The molecule has 178 valence electrons. The molecule has 2 aromatic carbocycles. The van der Waals surface area contributed by atoms with Crippen LogP contribution in [-0.2, 0) is 14.3 Å². The second-order valence-corrected chi connectivity index (χ2v) is 9.21. The average molecular weight is 499 g/mol. The number of carbonyl (C=O) groups is 3. The van der Waals surface area contributed by atoms with E-state index in [1.165, 1.54) is 18.9 Å². The lowest BCUT2D eigenvalue weighted by molar-refractivity contribution is -0.122. The van der Waals surface area contributed by atoms with Gasteiger partial charge in [0.1, 0.15) is 10.1 Å². The van der Waals surface area contributed by atoms with E-state index in [1.54, 1.807) is 66.6 Å². The standard InChI is InChI=1S/C25H26N2O5S2/c1-31-20-13-11-19(12-14-20)26-22(28)6-4-3-5-15-27-23(29)21(34-25(27)33)16-17-7-9-18(10-8-17)24(30)32-2/h7-14,16H,3-6,15H2,1-2H3,(H,26,28). The third-order valence-corrected chi connectivity index (χ3v) is 6.54. The minimum absolute atomic E-state index is 0.0445. The Kier molecular flexibility index (Phi) is 9.24. The number of thioether (sulfide) groups is 1. The van der Waals surface area contributed by atoms with Gasteiger partial charge >= 0.3 is 5.97 Å². The Balaban J connectivity index is 1.42. The van der Waals surface area contributed by atoms with Gasteiger partial charge in [-0.1, -0.05) is 42.5 Å². The van der Waals surface area contributed by atoms with E-state index < -0.39 is 5.97 Å². The van der Waals surface area contributed by atoms with Crippen LogP contribution in [0.25, 0.3) is 6.08 Å². The van der Waals surface area contributed by atoms with E-state index in [1.807, 2.05) is 0 Å². The first-order valence-corrected chi connectivity index (χ1v) is 12.0. The molecular formula is C25H26N2O5S2. The molecule has 1 N–H and O–H groups in total. The van der Waals surface area contributed by atoms with Crippen LogP contribution >= 0.6 is 24.0 Å². The number of anilines is 1. The van der Waals surface area contributed by atoms with E-state index in [0.29, 0.717) is 27.8 Å². The molecule has 7 nitrogen and oxygen atoms in total. The molecule has 0 spiro atoms. The van der Waals surface area contributed by atoms with Crippen LogP contribution in [0.3, 0.4) is 0 Å². The highest BCUT2D eigenvalue weighted by Crippen LogP contribution is 2.32. The van der Waals surface area contributed by atoms with Crippen LogP contribution in [0.5, 0.6) is 5.75 Å². The van der Waals surface area contributed by atoms with Crippen LogP contribution in [0.1, 0.15) is 41.6 Å². The van der Waals surface area contributed by atoms with Crippen molar-refractivity contribution in [3.63, 3.8) is 0 Å². The Hall–Kier alpha value is -3.17. The van der Waals surface area contributed by atoms with Crippen molar-refractivity contribution in [3.8, 4) is 5.75 Å². The monoisotopic (exact) mass is 498 g/mol. The summed E-state index contributed by atoms with van der Waals surface area (Å²) >= 11 is 6.65. The lowest BCUT2D eigenvalue weighted by atomic mass is 10.1. The minimum Gasteiger partial charge on any atom is -0.497 e. The molecule has 0 bridgehead atoms. The smallest absolute Gasteiger partial charge is 0.337 e. The number of ether oxygens (including phenoxy) is 2. The van der Waals surface area contributed by atoms with E-state index >= 15 is 0 Å². The van der Waals surface area contributed by atoms with Gasteiger partial charge in [0.05, 0.1) is 24.7 Å². The van der Waals surface area contributed by atoms with Crippen molar-refractivity contribution < 1.29 is 23.9 Å².